The van der Waals surface area contributed by atoms with Gasteiger partial charge in [-0.15, -0.1) is 0 Å². The lowest BCUT2D eigenvalue weighted by molar-refractivity contribution is 0.224. The van der Waals surface area contributed by atoms with E-state index in [1.807, 2.05) is 56.3 Å². The maximum absolute atomic E-state index is 11.7. The predicted molar refractivity (Wildman–Crippen MR) is 95.8 cm³/mol. The Morgan fingerprint density at radius 2 is 1.96 bits per heavy atom. The summed E-state index contributed by atoms with van der Waals surface area (Å²) in [5.74, 6) is 0.782. The van der Waals surface area contributed by atoms with E-state index in [-0.39, 0.29) is 12.8 Å². The largest absolute Gasteiger partial charge is 0.473 e. The number of amides is 2. The summed E-state index contributed by atoms with van der Waals surface area (Å²) < 4.78 is 6.61. The van der Waals surface area contributed by atoms with Crippen molar-refractivity contribution in [1.82, 2.24) is 10.6 Å². The van der Waals surface area contributed by atoms with Gasteiger partial charge in [0.15, 0.2) is 6.73 Å². The second-order valence-electron chi connectivity index (χ2n) is 5.37. The van der Waals surface area contributed by atoms with Crippen molar-refractivity contribution in [3.8, 4) is 5.75 Å². The zero-order chi connectivity index (χ0) is 16.7. The van der Waals surface area contributed by atoms with E-state index in [1.54, 1.807) is 0 Å². The number of carbonyl (C=O) groups is 1. The van der Waals surface area contributed by atoms with E-state index < -0.39 is 0 Å². The average Bonchev–Trinajstić information content (AvgIpc) is 2.49. The quantitative estimate of drug-likeness (QED) is 0.750. The number of benzene rings is 2. The molecule has 5 heteroatoms. The summed E-state index contributed by atoms with van der Waals surface area (Å²) >= 11 is 3.43. The van der Waals surface area contributed by atoms with Crippen molar-refractivity contribution < 1.29 is 9.53 Å². The maximum atomic E-state index is 11.7. The number of aryl methyl sites for hydroxylation is 2. The summed E-state index contributed by atoms with van der Waals surface area (Å²) in [6, 6.07) is 13.8. The van der Waals surface area contributed by atoms with Gasteiger partial charge in [-0.3, -0.25) is 0 Å². The molecule has 0 bridgehead atoms. The predicted octanol–water partition coefficient (Wildman–Crippen LogP) is 3.94. The van der Waals surface area contributed by atoms with Gasteiger partial charge in [0.1, 0.15) is 5.75 Å². The van der Waals surface area contributed by atoms with Crippen molar-refractivity contribution in [2.75, 3.05) is 13.3 Å². The molecule has 0 fully saturated rings. The number of hydrogen-bond donors (Lipinski definition) is 2. The topological polar surface area (TPSA) is 50.4 Å². The smallest absolute Gasteiger partial charge is 0.317 e. The summed E-state index contributed by atoms with van der Waals surface area (Å²) in [4.78, 5) is 11.7. The Kier molecular flexibility index (Phi) is 6.47. The van der Waals surface area contributed by atoms with Gasteiger partial charge in [0.05, 0.1) is 0 Å². The lowest BCUT2D eigenvalue weighted by Crippen LogP contribution is -2.38. The monoisotopic (exact) mass is 376 g/mol. The summed E-state index contributed by atoms with van der Waals surface area (Å²) in [5, 5.41) is 5.50. The molecule has 2 aromatic carbocycles. The van der Waals surface area contributed by atoms with Crippen molar-refractivity contribution in [3.63, 3.8) is 0 Å². The molecule has 0 aromatic heterocycles. The van der Waals surface area contributed by atoms with Crippen LogP contribution < -0.4 is 15.4 Å². The minimum Gasteiger partial charge on any atom is -0.473 e. The van der Waals surface area contributed by atoms with Crippen LogP contribution in [0.3, 0.4) is 0 Å². The molecule has 2 aromatic rings. The van der Waals surface area contributed by atoms with Crippen molar-refractivity contribution in [2.24, 2.45) is 0 Å². The third-order valence-corrected chi connectivity index (χ3v) is 3.87. The molecule has 0 saturated heterocycles. The first-order valence-electron chi connectivity index (χ1n) is 7.51. The molecule has 0 atom stereocenters. The molecule has 0 heterocycles. The molecule has 0 aliphatic heterocycles. The Labute approximate surface area is 145 Å². The fraction of sp³-hybridized carbons (Fsp3) is 0.278. The number of urea groups is 1. The molecular formula is C18H21BrN2O2. The first-order valence-corrected chi connectivity index (χ1v) is 8.30. The van der Waals surface area contributed by atoms with E-state index in [0.29, 0.717) is 6.54 Å². The number of nitrogens with one attached hydrogen (secondary N) is 2. The maximum Gasteiger partial charge on any atom is 0.317 e. The van der Waals surface area contributed by atoms with Crippen LogP contribution in [0.4, 0.5) is 4.79 Å². The molecule has 0 radical (unpaired) electrons. The number of rotatable bonds is 6. The second-order valence-corrected chi connectivity index (χ2v) is 6.29. The number of halogens is 1. The Morgan fingerprint density at radius 1 is 1.13 bits per heavy atom. The normalized spacial score (nSPS) is 10.2. The zero-order valence-electron chi connectivity index (χ0n) is 13.4. The molecule has 0 saturated carbocycles. The van der Waals surface area contributed by atoms with Gasteiger partial charge in [-0.1, -0.05) is 45.8 Å². The molecule has 2 N–H and O–H groups in total. The van der Waals surface area contributed by atoms with E-state index in [0.717, 1.165) is 22.2 Å². The van der Waals surface area contributed by atoms with E-state index >= 15 is 0 Å². The lowest BCUT2D eigenvalue weighted by atomic mass is 10.1. The first-order chi connectivity index (χ1) is 11.0. The summed E-state index contributed by atoms with van der Waals surface area (Å²) in [6.07, 6.45) is 0.783. The number of ether oxygens (including phenoxy) is 1. The minimum atomic E-state index is -0.232. The molecular weight excluding hydrogens is 356 g/mol. The van der Waals surface area contributed by atoms with Crippen molar-refractivity contribution in [1.29, 1.82) is 0 Å². The summed E-state index contributed by atoms with van der Waals surface area (Å²) in [6.45, 7) is 4.74. The molecule has 122 valence electrons. The SMILES string of the molecule is Cc1ccc(OCNC(=O)NCCc2cccc(Br)c2)c(C)c1. The summed E-state index contributed by atoms with van der Waals surface area (Å²) in [5.41, 5.74) is 3.42. The molecule has 23 heavy (non-hydrogen) atoms. The van der Waals surface area contributed by atoms with Crippen LogP contribution in [0, 0.1) is 13.8 Å². The average molecular weight is 377 g/mol. The zero-order valence-corrected chi connectivity index (χ0v) is 14.9. The van der Waals surface area contributed by atoms with Crippen LogP contribution in [0.15, 0.2) is 46.9 Å². The van der Waals surface area contributed by atoms with Crippen molar-refractivity contribution in [3.05, 3.63) is 63.6 Å². The highest BCUT2D eigenvalue weighted by molar-refractivity contribution is 9.10. The van der Waals surface area contributed by atoms with Crippen molar-refractivity contribution in [2.45, 2.75) is 20.3 Å². The van der Waals surface area contributed by atoms with E-state index in [1.165, 1.54) is 11.1 Å². The van der Waals surface area contributed by atoms with Gasteiger partial charge in [-0.25, -0.2) is 4.79 Å². The van der Waals surface area contributed by atoms with Gasteiger partial charge >= 0.3 is 6.03 Å². The Balaban J connectivity index is 1.67. The molecule has 0 unspecified atom stereocenters. The lowest BCUT2D eigenvalue weighted by Gasteiger charge is -2.11. The van der Waals surface area contributed by atoms with E-state index in [2.05, 4.69) is 26.6 Å². The Morgan fingerprint density at radius 3 is 2.70 bits per heavy atom. The van der Waals surface area contributed by atoms with Crippen LogP contribution in [-0.2, 0) is 6.42 Å². The molecule has 0 spiro atoms. The fourth-order valence-electron chi connectivity index (χ4n) is 2.22. The van der Waals surface area contributed by atoms with E-state index in [4.69, 9.17) is 4.74 Å². The van der Waals surface area contributed by atoms with Gasteiger partial charge in [0.2, 0.25) is 0 Å². The highest BCUT2D eigenvalue weighted by atomic mass is 79.9. The molecule has 2 rings (SSSR count). The number of hydrogen-bond acceptors (Lipinski definition) is 2. The highest BCUT2D eigenvalue weighted by Crippen LogP contribution is 2.18. The van der Waals surface area contributed by atoms with Gasteiger partial charge in [-0.2, -0.15) is 0 Å². The third kappa shape index (κ3) is 5.94. The van der Waals surface area contributed by atoms with Gasteiger partial charge in [0.25, 0.3) is 0 Å². The third-order valence-electron chi connectivity index (χ3n) is 3.38. The van der Waals surface area contributed by atoms with Crippen LogP contribution in [-0.4, -0.2) is 19.3 Å². The van der Waals surface area contributed by atoms with Crippen LogP contribution >= 0.6 is 15.9 Å². The van der Waals surface area contributed by atoms with Gasteiger partial charge < -0.3 is 15.4 Å². The standard InChI is InChI=1S/C18H21BrN2O2/c1-13-6-7-17(14(2)10-13)23-12-21-18(22)20-9-8-15-4-3-5-16(19)11-15/h3-7,10-11H,8-9,12H2,1-2H3,(H2,20,21,22). The molecule has 0 aliphatic rings. The van der Waals surface area contributed by atoms with Crippen LogP contribution in [0.2, 0.25) is 0 Å². The molecule has 2 amide bonds. The second kappa shape index (κ2) is 8.58. The van der Waals surface area contributed by atoms with Crippen LogP contribution in [0.5, 0.6) is 5.75 Å². The summed E-state index contributed by atoms with van der Waals surface area (Å²) in [7, 11) is 0. The van der Waals surface area contributed by atoms with Crippen LogP contribution in [0.1, 0.15) is 16.7 Å². The fourth-order valence-corrected chi connectivity index (χ4v) is 2.66. The number of carbonyl (C=O) groups excluding carboxylic acids is 1. The van der Waals surface area contributed by atoms with Gasteiger partial charge in [-0.05, 0) is 49.6 Å². The van der Waals surface area contributed by atoms with Crippen molar-refractivity contribution >= 4 is 22.0 Å². The van der Waals surface area contributed by atoms with Crippen LogP contribution in [0.25, 0.3) is 0 Å². The molecule has 0 aliphatic carbocycles. The Hall–Kier alpha value is -2.01. The molecule has 4 nitrogen and oxygen atoms in total. The Bertz CT molecular complexity index is 674. The first kappa shape index (κ1) is 17.3. The highest BCUT2D eigenvalue weighted by Gasteiger charge is 2.02. The van der Waals surface area contributed by atoms with Gasteiger partial charge in [0, 0.05) is 11.0 Å². The minimum absolute atomic E-state index is 0.145. The van der Waals surface area contributed by atoms with E-state index in [9.17, 15) is 4.79 Å².